The number of rotatable bonds is 2. The van der Waals surface area contributed by atoms with E-state index in [2.05, 4.69) is 30.0 Å². The molecule has 2 N–H and O–H groups in total. The lowest BCUT2D eigenvalue weighted by Crippen LogP contribution is -2.36. The van der Waals surface area contributed by atoms with Crippen molar-refractivity contribution in [1.82, 2.24) is 0 Å². The molecule has 1 aliphatic heterocycles. The molecule has 0 radical (unpaired) electrons. The zero-order chi connectivity index (χ0) is 12.5. The fourth-order valence-electron chi connectivity index (χ4n) is 3.09. The summed E-state index contributed by atoms with van der Waals surface area (Å²) in [5.41, 5.74) is 9.76. The third-order valence-corrected chi connectivity index (χ3v) is 4.26. The summed E-state index contributed by atoms with van der Waals surface area (Å²) in [6.07, 6.45) is 2.58. The molecule has 1 heterocycles. The highest BCUT2D eigenvalue weighted by Gasteiger charge is 2.28. The average Bonchev–Trinajstić information content (AvgIpc) is 2.37. The summed E-state index contributed by atoms with van der Waals surface area (Å²) in [5.74, 6) is 1.54. The number of benzene rings is 1. The quantitative estimate of drug-likeness (QED) is 0.815. The molecule has 2 fully saturated rings. The fourth-order valence-corrected chi connectivity index (χ4v) is 3.09. The normalized spacial score (nSPS) is 27.9. The Labute approximate surface area is 109 Å². The van der Waals surface area contributed by atoms with Gasteiger partial charge < -0.3 is 15.4 Å². The van der Waals surface area contributed by atoms with Crippen LogP contribution in [0.15, 0.2) is 18.2 Å². The number of nitrogens with two attached hydrogens (primary N) is 1. The van der Waals surface area contributed by atoms with Gasteiger partial charge in [-0.2, -0.15) is 0 Å². The molecule has 1 saturated carbocycles. The second-order valence-corrected chi connectivity index (χ2v) is 5.69. The van der Waals surface area contributed by atoms with E-state index >= 15 is 0 Å². The lowest BCUT2D eigenvalue weighted by atomic mass is 9.72. The van der Waals surface area contributed by atoms with Crippen LogP contribution in [0.1, 0.15) is 31.2 Å². The van der Waals surface area contributed by atoms with Crippen molar-refractivity contribution in [3.05, 3.63) is 23.8 Å². The summed E-state index contributed by atoms with van der Waals surface area (Å²) in [4.78, 5) is 2.40. The van der Waals surface area contributed by atoms with Gasteiger partial charge in [-0.1, -0.05) is 6.92 Å². The molecule has 18 heavy (non-hydrogen) atoms. The van der Waals surface area contributed by atoms with E-state index in [0.717, 1.165) is 37.9 Å². The van der Waals surface area contributed by atoms with E-state index in [4.69, 9.17) is 10.5 Å². The first kappa shape index (κ1) is 11.8. The van der Waals surface area contributed by atoms with Crippen molar-refractivity contribution in [2.75, 3.05) is 36.9 Å². The third kappa shape index (κ3) is 2.19. The first-order chi connectivity index (χ1) is 8.74. The highest BCUT2D eigenvalue weighted by molar-refractivity contribution is 5.60. The van der Waals surface area contributed by atoms with Crippen LogP contribution in [-0.4, -0.2) is 26.3 Å². The van der Waals surface area contributed by atoms with Gasteiger partial charge in [0, 0.05) is 24.5 Å². The summed E-state index contributed by atoms with van der Waals surface area (Å²) < 4.78 is 5.40. The molecule has 0 unspecified atom stereocenters. The molecule has 98 valence electrons. The van der Waals surface area contributed by atoms with Crippen LogP contribution in [0.5, 0.6) is 0 Å². The van der Waals surface area contributed by atoms with E-state index in [9.17, 15) is 0 Å². The molecule has 0 spiro atoms. The maximum Gasteiger partial charge on any atom is 0.0642 e. The van der Waals surface area contributed by atoms with Gasteiger partial charge in [0.1, 0.15) is 0 Å². The van der Waals surface area contributed by atoms with Gasteiger partial charge in [0.2, 0.25) is 0 Å². The summed E-state index contributed by atoms with van der Waals surface area (Å²) >= 11 is 0. The molecule has 0 amide bonds. The van der Waals surface area contributed by atoms with Crippen LogP contribution in [0.3, 0.4) is 0 Å². The number of hydrogen-bond donors (Lipinski definition) is 1. The van der Waals surface area contributed by atoms with Crippen LogP contribution < -0.4 is 10.6 Å². The number of ether oxygens (including phenoxy) is 1. The monoisotopic (exact) mass is 246 g/mol. The Kier molecular flexibility index (Phi) is 3.16. The Balaban J connectivity index is 1.81. The van der Waals surface area contributed by atoms with Crippen molar-refractivity contribution in [2.45, 2.75) is 25.7 Å². The van der Waals surface area contributed by atoms with Gasteiger partial charge in [-0.25, -0.2) is 0 Å². The summed E-state index contributed by atoms with van der Waals surface area (Å²) in [6.45, 7) is 5.97. The van der Waals surface area contributed by atoms with E-state index in [0.29, 0.717) is 5.92 Å². The van der Waals surface area contributed by atoms with Gasteiger partial charge in [-0.15, -0.1) is 0 Å². The minimum atomic E-state index is 0.681. The molecular weight excluding hydrogens is 224 g/mol. The predicted molar refractivity (Wildman–Crippen MR) is 75.0 cm³/mol. The van der Waals surface area contributed by atoms with Crippen molar-refractivity contribution in [3.8, 4) is 0 Å². The summed E-state index contributed by atoms with van der Waals surface area (Å²) in [6, 6.07) is 6.52. The molecule has 2 aliphatic rings. The topological polar surface area (TPSA) is 38.5 Å². The van der Waals surface area contributed by atoms with Gasteiger partial charge in [0.05, 0.1) is 13.2 Å². The van der Waals surface area contributed by atoms with Gasteiger partial charge >= 0.3 is 0 Å². The minimum Gasteiger partial charge on any atom is -0.398 e. The molecule has 3 heteroatoms. The average molecular weight is 246 g/mol. The number of nitrogens with zero attached hydrogens (tertiary/aromatic N) is 1. The zero-order valence-corrected chi connectivity index (χ0v) is 11.1. The molecule has 0 bridgehead atoms. The Morgan fingerprint density at radius 2 is 1.94 bits per heavy atom. The minimum absolute atomic E-state index is 0.681. The summed E-state index contributed by atoms with van der Waals surface area (Å²) in [7, 11) is 0. The van der Waals surface area contributed by atoms with Gasteiger partial charge in [0.15, 0.2) is 0 Å². The van der Waals surface area contributed by atoms with Crippen LogP contribution >= 0.6 is 0 Å². The largest absolute Gasteiger partial charge is 0.398 e. The second kappa shape index (κ2) is 4.81. The maximum absolute atomic E-state index is 6.13. The smallest absolute Gasteiger partial charge is 0.0642 e. The van der Waals surface area contributed by atoms with Crippen molar-refractivity contribution in [3.63, 3.8) is 0 Å². The number of hydrogen-bond acceptors (Lipinski definition) is 3. The SMILES string of the molecule is CC1CC(c2cc(N3CCOCC3)ccc2N)C1. The van der Waals surface area contributed by atoms with E-state index in [1.807, 2.05) is 0 Å². The van der Waals surface area contributed by atoms with Crippen LogP contribution in [0, 0.1) is 5.92 Å². The zero-order valence-electron chi connectivity index (χ0n) is 11.1. The van der Waals surface area contributed by atoms with Crippen LogP contribution in [0.25, 0.3) is 0 Å². The lowest BCUT2D eigenvalue weighted by molar-refractivity contribution is 0.122. The first-order valence-corrected chi connectivity index (χ1v) is 6.96. The Morgan fingerprint density at radius 1 is 1.22 bits per heavy atom. The highest BCUT2D eigenvalue weighted by Crippen LogP contribution is 2.44. The highest BCUT2D eigenvalue weighted by atomic mass is 16.5. The molecule has 0 aromatic heterocycles. The molecule has 1 aromatic carbocycles. The van der Waals surface area contributed by atoms with Crippen molar-refractivity contribution >= 4 is 11.4 Å². The number of nitrogen functional groups attached to an aromatic ring is 1. The number of morpholine rings is 1. The molecule has 1 saturated heterocycles. The maximum atomic E-state index is 6.13. The third-order valence-electron chi connectivity index (χ3n) is 4.26. The van der Waals surface area contributed by atoms with Crippen molar-refractivity contribution < 1.29 is 4.74 Å². The number of anilines is 2. The van der Waals surface area contributed by atoms with Gasteiger partial charge in [-0.3, -0.25) is 0 Å². The Bertz CT molecular complexity index is 421. The molecule has 3 rings (SSSR count). The van der Waals surface area contributed by atoms with E-state index < -0.39 is 0 Å². The Morgan fingerprint density at radius 3 is 2.61 bits per heavy atom. The van der Waals surface area contributed by atoms with Crippen LogP contribution in [0.4, 0.5) is 11.4 Å². The second-order valence-electron chi connectivity index (χ2n) is 5.69. The van der Waals surface area contributed by atoms with Crippen LogP contribution in [-0.2, 0) is 4.74 Å². The van der Waals surface area contributed by atoms with Crippen molar-refractivity contribution in [1.29, 1.82) is 0 Å². The molecule has 1 aliphatic carbocycles. The predicted octanol–water partition coefficient (Wildman–Crippen LogP) is 2.62. The fraction of sp³-hybridized carbons (Fsp3) is 0.600. The molecule has 1 aromatic rings. The van der Waals surface area contributed by atoms with Gasteiger partial charge in [-0.05, 0) is 48.4 Å². The first-order valence-electron chi connectivity index (χ1n) is 6.96. The Hall–Kier alpha value is -1.22. The van der Waals surface area contributed by atoms with Crippen molar-refractivity contribution in [2.24, 2.45) is 5.92 Å². The standard InChI is InChI=1S/C15H22N2O/c1-11-8-12(9-11)14-10-13(2-3-15(14)16)17-4-6-18-7-5-17/h2-3,10-12H,4-9,16H2,1H3. The van der Waals surface area contributed by atoms with Crippen LogP contribution in [0.2, 0.25) is 0 Å². The van der Waals surface area contributed by atoms with E-state index in [1.54, 1.807) is 0 Å². The van der Waals surface area contributed by atoms with E-state index in [-0.39, 0.29) is 0 Å². The molecule has 3 nitrogen and oxygen atoms in total. The lowest BCUT2D eigenvalue weighted by Gasteiger charge is -2.35. The molecular formula is C15H22N2O. The molecule has 0 atom stereocenters. The van der Waals surface area contributed by atoms with E-state index in [1.165, 1.54) is 24.1 Å². The summed E-state index contributed by atoms with van der Waals surface area (Å²) in [5, 5.41) is 0. The van der Waals surface area contributed by atoms with Gasteiger partial charge in [0.25, 0.3) is 0 Å².